The zero-order chi connectivity index (χ0) is 22.9. The number of nitriles is 1. The highest BCUT2D eigenvalue weighted by atomic mass is 19.1. The Labute approximate surface area is 190 Å². The number of carbonyl (C=O) groups is 1. The van der Waals surface area contributed by atoms with Gasteiger partial charge >= 0.3 is 0 Å². The molecular weight excluding hydrogens is 421 g/mol. The quantitative estimate of drug-likeness (QED) is 0.628. The molecule has 7 nitrogen and oxygen atoms in total. The molecule has 1 aromatic heterocycles. The van der Waals surface area contributed by atoms with Crippen LogP contribution in [0, 0.1) is 17.1 Å². The van der Waals surface area contributed by atoms with Crippen LogP contribution in [0.15, 0.2) is 48.7 Å². The van der Waals surface area contributed by atoms with Gasteiger partial charge in [-0.15, -0.1) is 0 Å². The van der Waals surface area contributed by atoms with E-state index in [0.29, 0.717) is 54.3 Å². The van der Waals surface area contributed by atoms with E-state index in [9.17, 15) is 19.6 Å². The monoisotopic (exact) mass is 443 g/mol. The number of aliphatic hydroxyl groups excluding tert-OH is 1. The second kappa shape index (κ2) is 8.60. The highest BCUT2D eigenvalue weighted by Gasteiger charge is 2.30. The minimum absolute atomic E-state index is 0.0600. The lowest BCUT2D eigenvalue weighted by molar-refractivity contribution is -0.117. The van der Waals surface area contributed by atoms with Crippen LogP contribution in [0.3, 0.4) is 0 Å². The Hall–Kier alpha value is -3.83. The third-order valence-electron chi connectivity index (χ3n) is 6.18. The van der Waals surface area contributed by atoms with E-state index in [0.717, 1.165) is 11.1 Å². The number of aliphatic hydroxyl groups is 1. The maximum absolute atomic E-state index is 14.0. The molecule has 5 rings (SSSR count). The first kappa shape index (κ1) is 21.0. The maximum Gasteiger partial charge on any atom is 0.231 e. The van der Waals surface area contributed by atoms with Crippen molar-refractivity contribution in [3.05, 3.63) is 71.2 Å². The third kappa shape index (κ3) is 4.15. The van der Waals surface area contributed by atoms with Crippen LogP contribution < -0.4 is 10.2 Å². The number of anilines is 2. The summed E-state index contributed by atoms with van der Waals surface area (Å²) >= 11 is 0. The average molecular weight is 443 g/mol. The van der Waals surface area contributed by atoms with Crippen LogP contribution in [0.1, 0.15) is 29.5 Å². The van der Waals surface area contributed by atoms with Gasteiger partial charge in [-0.3, -0.25) is 4.79 Å². The zero-order valence-corrected chi connectivity index (χ0v) is 17.8. The lowest BCUT2D eigenvalue weighted by Crippen LogP contribution is -2.39. The van der Waals surface area contributed by atoms with E-state index in [1.165, 1.54) is 6.07 Å². The number of aromatic nitrogens is 2. The number of nitrogens with one attached hydrogen (secondary N) is 1. The van der Waals surface area contributed by atoms with Crippen LogP contribution in [-0.2, 0) is 17.6 Å². The fourth-order valence-corrected chi connectivity index (χ4v) is 4.41. The van der Waals surface area contributed by atoms with Gasteiger partial charge in [-0.25, -0.2) is 14.4 Å². The van der Waals surface area contributed by atoms with E-state index < -0.39 is 5.82 Å². The topological polar surface area (TPSA) is 102 Å². The summed E-state index contributed by atoms with van der Waals surface area (Å²) in [5.74, 6) is -0.171. The SMILES string of the molecule is N#Cc1cc(-c2ccnc(NC3CC(O)C3)n2)cc2c1N(C(=O)Cc1ccccc1F)CC2. The number of benzene rings is 2. The molecule has 0 saturated heterocycles. The van der Waals surface area contributed by atoms with Gasteiger partial charge in [0.05, 0.1) is 29.5 Å². The molecular formula is C25H22FN5O2. The van der Waals surface area contributed by atoms with Gasteiger partial charge in [-0.05, 0) is 54.7 Å². The molecule has 2 N–H and O–H groups in total. The zero-order valence-electron chi connectivity index (χ0n) is 17.8. The molecule has 0 bridgehead atoms. The van der Waals surface area contributed by atoms with Crippen LogP contribution in [0.5, 0.6) is 0 Å². The van der Waals surface area contributed by atoms with Gasteiger partial charge < -0.3 is 15.3 Å². The first-order chi connectivity index (χ1) is 16.0. The number of hydrogen-bond acceptors (Lipinski definition) is 6. The normalized spacial score (nSPS) is 18.9. The van der Waals surface area contributed by atoms with E-state index in [-0.39, 0.29) is 24.5 Å². The van der Waals surface area contributed by atoms with Crippen LogP contribution in [0.25, 0.3) is 11.3 Å². The average Bonchev–Trinajstić information content (AvgIpc) is 3.23. The summed E-state index contributed by atoms with van der Waals surface area (Å²) in [6, 6.07) is 14.1. The minimum atomic E-state index is -0.411. The highest BCUT2D eigenvalue weighted by molar-refractivity contribution is 5.98. The van der Waals surface area contributed by atoms with E-state index >= 15 is 0 Å². The maximum atomic E-state index is 14.0. The lowest BCUT2D eigenvalue weighted by Gasteiger charge is -2.31. The summed E-state index contributed by atoms with van der Waals surface area (Å²) in [5.41, 5.74) is 3.65. The Morgan fingerprint density at radius 3 is 2.85 bits per heavy atom. The van der Waals surface area contributed by atoms with Crippen molar-refractivity contribution in [3.8, 4) is 17.3 Å². The van der Waals surface area contributed by atoms with Crippen molar-refractivity contribution in [2.75, 3.05) is 16.8 Å². The fraction of sp³-hybridized carbons (Fsp3) is 0.280. The molecule has 3 aromatic rings. The molecule has 0 atom stereocenters. The van der Waals surface area contributed by atoms with Gasteiger partial charge in [0.15, 0.2) is 0 Å². The first-order valence-electron chi connectivity index (χ1n) is 10.9. The van der Waals surface area contributed by atoms with Gasteiger partial charge in [0.1, 0.15) is 11.9 Å². The second-order valence-corrected chi connectivity index (χ2v) is 8.44. The van der Waals surface area contributed by atoms with E-state index in [2.05, 4.69) is 21.4 Å². The molecule has 2 aliphatic rings. The van der Waals surface area contributed by atoms with Crippen molar-refractivity contribution in [1.29, 1.82) is 5.26 Å². The molecule has 166 valence electrons. The molecule has 33 heavy (non-hydrogen) atoms. The van der Waals surface area contributed by atoms with Crippen molar-refractivity contribution in [1.82, 2.24) is 9.97 Å². The van der Waals surface area contributed by atoms with Gasteiger partial charge in [0, 0.05) is 24.3 Å². The summed E-state index contributed by atoms with van der Waals surface area (Å²) in [7, 11) is 0. The predicted octanol–water partition coefficient (Wildman–Crippen LogP) is 3.22. The van der Waals surface area contributed by atoms with Crippen molar-refractivity contribution >= 4 is 17.5 Å². The molecule has 1 aliphatic heterocycles. The van der Waals surface area contributed by atoms with Crippen molar-refractivity contribution in [2.45, 2.75) is 37.8 Å². The molecule has 0 unspecified atom stereocenters. The number of nitrogens with zero attached hydrogens (tertiary/aromatic N) is 4. The van der Waals surface area contributed by atoms with Crippen LogP contribution in [0.2, 0.25) is 0 Å². The molecule has 8 heteroatoms. The summed E-state index contributed by atoms with van der Waals surface area (Å²) in [6.45, 7) is 0.446. The van der Waals surface area contributed by atoms with E-state index in [1.807, 2.05) is 6.07 Å². The molecule has 1 fully saturated rings. The first-order valence-corrected chi connectivity index (χ1v) is 10.9. The molecule has 1 aliphatic carbocycles. The second-order valence-electron chi connectivity index (χ2n) is 8.44. The molecule has 1 amide bonds. The van der Waals surface area contributed by atoms with Gasteiger partial charge in [0.2, 0.25) is 11.9 Å². The van der Waals surface area contributed by atoms with Gasteiger partial charge in [-0.1, -0.05) is 18.2 Å². The van der Waals surface area contributed by atoms with Crippen LogP contribution in [-0.4, -0.2) is 39.7 Å². The fourth-order valence-electron chi connectivity index (χ4n) is 4.41. The number of amides is 1. The Bertz CT molecular complexity index is 1270. The predicted molar refractivity (Wildman–Crippen MR) is 121 cm³/mol. The van der Waals surface area contributed by atoms with Crippen LogP contribution >= 0.6 is 0 Å². The molecule has 2 heterocycles. The molecule has 0 spiro atoms. The standard InChI is InChI=1S/C25H22FN5O2/c26-21-4-2-1-3-15(21)11-23(33)31-8-6-16-9-17(10-18(14-27)24(16)31)22-5-7-28-25(30-22)29-19-12-20(32)13-19/h1-5,7,9-10,19-20,32H,6,8,11-13H2,(H,28,29,30). The van der Waals surface area contributed by atoms with Crippen molar-refractivity contribution in [2.24, 2.45) is 0 Å². The minimum Gasteiger partial charge on any atom is -0.393 e. The Morgan fingerprint density at radius 1 is 1.27 bits per heavy atom. The van der Waals surface area contributed by atoms with E-state index in [1.54, 1.807) is 41.4 Å². The lowest BCUT2D eigenvalue weighted by atomic mass is 9.90. The van der Waals surface area contributed by atoms with Crippen LogP contribution in [0.4, 0.5) is 16.0 Å². The molecule has 1 saturated carbocycles. The van der Waals surface area contributed by atoms with E-state index in [4.69, 9.17) is 0 Å². The molecule has 2 aromatic carbocycles. The number of carbonyl (C=O) groups excluding carboxylic acids is 1. The highest BCUT2D eigenvalue weighted by Crippen LogP contribution is 2.36. The summed E-state index contributed by atoms with van der Waals surface area (Å²) in [5, 5.41) is 22.5. The number of hydrogen-bond donors (Lipinski definition) is 2. The Kier molecular flexibility index (Phi) is 5.48. The summed E-state index contributed by atoms with van der Waals surface area (Å²) in [6.07, 6.45) is 3.27. The van der Waals surface area contributed by atoms with Gasteiger partial charge in [0.25, 0.3) is 0 Å². The molecule has 0 radical (unpaired) electrons. The third-order valence-corrected chi connectivity index (χ3v) is 6.18. The number of halogens is 1. The van der Waals surface area contributed by atoms with Gasteiger partial charge in [-0.2, -0.15) is 5.26 Å². The Morgan fingerprint density at radius 2 is 2.09 bits per heavy atom. The smallest absolute Gasteiger partial charge is 0.231 e. The number of rotatable bonds is 5. The van der Waals surface area contributed by atoms with Crippen molar-refractivity contribution < 1.29 is 14.3 Å². The van der Waals surface area contributed by atoms with Crippen molar-refractivity contribution in [3.63, 3.8) is 0 Å². The summed E-state index contributed by atoms with van der Waals surface area (Å²) in [4.78, 5) is 23.4. The number of fused-ring (bicyclic) bond motifs is 1. The summed E-state index contributed by atoms with van der Waals surface area (Å²) < 4.78 is 14.0. The Balaban J connectivity index is 1.41. The largest absolute Gasteiger partial charge is 0.393 e.